The number of alkyl halides is 1. The lowest BCUT2D eigenvalue weighted by Gasteiger charge is -2.16. The quantitative estimate of drug-likeness (QED) is 0.618. The van der Waals surface area contributed by atoms with Gasteiger partial charge in [0.25, 0.3) is 0 Å². The molecule has 10 heavy (non-hydrogen) atoms. The van der Waals surface area contributed by atoms with Gasteiger partial charge in [-0.15, -0.1) is 0 Å². The van der Waals surface area contributed by atoms with Gasteiger partial charge in [-0.3, -0.25) is 4.79 Å². The molecular weight excluding hydrogens is 139 g/mol. The minimum atomic E-state index is -1.24. The van der Waals surface area contributed by atoms with Crippen LogP contribution >= 0.6 is 0 Å². The summed E-state index contributed by atoms with van der Waals surface area (Å²) in [6.07, 6.45) is 0.291. The Morgan fingerprint density at radius 3 is 2.70 bits per heavy atom. The smallest absolute Gasteiger partial charge is 0.314 e. The zero-order valence-electron chi connectivity index (χ0n) is 5.47. The minimum absolute atomic E-state index is 0.0127. The second-order valence-corrected chi connectivity index (χ2v) is 2.52. The van der Waals surface area contributed by atoms with Gasteiger partial charge in [-0.25, -0.2) is 4.39 Å². The molecule has 0 aliphatic carbocycles. The summed E-state index contributed by atoms with van der Waals surface area (Å²) in [5.74, 6) is -1.09. The molecule has 0 radical (unpaired) electrons. The number of carbonyl (C=O) groups is 1. The molecule has 1 N–H and O–H groups in total. The zero-order valence-corrected chi connectivity index (χ0v) is 5.47. The van der Waals surface area contributed by atoms with Crippen LogP contribution in [0.5, 0.6) is 0 Å². The molecule has 1 aliphatic rings. The summed E-state index contributed by atoms with van der Waals surface area (Å²) in [5.41, 5.74) is -1.24. The summed E-state index contributed by atoms with van der Waals surface area (Å²) in [7, 11) is 0. The number of carboxylic acid groups (broad SMARTS) is 1. The van der Waals surface area contributed by atoms with Crippen molar-refractivity contribution in [2.24, 2.45) is 5.41 Å². The maximum Gasteiger partial charge on any atom is 0.314 e. The Morgan fingerprint density at radius 1 is 1.80 bits per heavy atom. The van der Waals surface area contributed by atoms with E-state index in [0.29, 0.717) is 13.0 Å². The topological polar surface area (TPSA) is 46.5 Å². The van der Waals surface area contributed by atoms with E-state index >= 15 is 0 Å². The molecular formula is C6H9FO3. The Balaban J connectivity index is 2.67. The summed E-state index contributed by atoms with van der Waals surface area (Å²) >= 11 is 0. The molecule has 3 nitrogen and oxygen atoms in total. The van der Waals surface area contributed by atoms with Crippen LogP contribution in [0.15, 0.2) is 0 Å². The highest BCUT2D eigenvalue weighted by molar-refractivity contribution is 5.75. The molecule has 1 unspecified atom stereocenters. The van der Waals surface area contributed by atoms with Crippen LogP contribution in [0.3, 0.4) is 0 Å². The second kappa shape index (κ2) is 2.54. The van der Waals surface area contributed by atoms with Crippen LogP contribution in [0.4, 0.5) is 4.39 Å². The highest BCUT2D eigenvalue weighted by atomic mass is 19.1. The fourth-order valence-corrected chi connectivity index (χ4v) is 0.938. The van der Waals surface area contributed by atoms with Crippen molar-refractivity contribution in [3.8, 4) is 0 Å². The average molecular weight is 148 g/mol. The van der Waals surface area contributed by atoms with Gasteiger partial charge in [0.15, 0.2) is 0 Å². The highest BCUT2D eigenvalue weighted by Crippen LogP contribution is 2.29. The Hall–Kier alpha value is -0.640. The SMILES string of the molecule is O=C(O)C1(CF)CCOC1. The second-order valence-electron chi connectivity index (χ2n) is 2.52. The van der Waals surface area contributed by atoms with Gasteiger partial charge in [0.1, 0.15) is 12.1 Å². The first kappa shape index (κ1) is 7.47. The molecule has 0 aromatic rings. The summed E-state index contributed by atoms with van der Waals surface area (Å²) in [5, 5.41) is 8.54. The van der Waals surface area contributed by atoms with Crippen LogP contribution in [0.25, 0.3) is 0 Å². The molecule has 1 rings (SSSR count). The van der Waals surface area contributed by atoms with Crippen LogP contribution < -0.4 is 0 Å². The van der Waals surface area contributed by atoms with Gasteiger partial charge in [0.05, 0.1) is 6.61 Å². The van der Waals surface area contributed by atoms with Crippen LogP contribution in [0.1, 0.15) is 6.42 Å². The third kappa shape index (κ3) is 0.988. The maximum absolute atomic E-state index is 12.1. The number of aliphatic carboxylic acids is 1. The number of hydrogen-bond donors (Lipinski definition) is 1. The van der Waals surface area contributed by atoms with Gasteiger partial charge >= 0.3 is 5.97 Å². The van der Waals surface area contributed by atoms with Gasteiger partial charge in [-0.1, -0.05) is 0 Å². The first-order valence-electron chi connectivity index (χ1n) is 3.08. The van der Waals surface area contributed by atoms with E-state index in [-0.39, 0.29) is 6.61 Å². The summed E-state index contributed by atoms with van der Waals surface area (Å²) in [4.78, 5) is 10.4. The molecule has 0 saturated carbocycles. The third-order valence-electron chi connectivity index (χ3n) is 1.81. The van der Waals surface area contributed by atoms with Crippen LogP contribution in [-0.2, 0) is 9.53 Å². The van der Waals surface area contributed by atoms with Gasteiger partial charge in [-0.2, -0.15) is 0 Å². The molecule has 58 valence electrons. The van der Waals surface area contributed by atoms with E-state index in [1.54, 1.807) is 0 Å². The number of halogens is 1. The van der Waals surface area contributed by atoms with E-state index in [1.807, 2.05) is 0 Å². The first-order chi connectivity index (χ1) is 4.71. The Labute approximate surface area is 57.8 Å². The minimum Gasteiger partial charge on any atom is -0.481 e. The number of ether oxygens (including phenoxy) is 1. The fourth-order valence-electron chi connectivity index (χ4n) is 0.938. The number of hydrogen-bond acceptors (Lipinski definition) is 2. The molecule has 1 fully saturated rings. The fraction of sp³-hybridized carbons (Fsp3) is 0.833. The molecule has 0 aromatic heterocycles. The Morgan fingerprint density at radius 2 is 2.50 bits per heavy atom. The lowest BCUT2D eigenvalue weighted by Crippen LogP contribution is -2.33. The Kier molecular flexibility index (Phi) is 1.89. The zero-order chi connectivity index (χ0) is 7.61. The van der Waals surface area contributed by atoms with Crippen LogP contribution in [0.2, 0.25) is 0 Å². The van der Waals surface area contributed by atoms with Crippen molar-refractivity contribution >= 4 is 5.97 Å². The summed E-state index contributed by atoms with van der Waals surface area (Å²) in [6, 6.07) is 0. The predicted molar refractivity (Wildman–Crippen MR) is 31.5 cm³/mol. The molecule has 0 bridgehead atoms. The molecule has 0 aromatic carbocycles. The van der Waals surface area contributed by atoms with E-state index in [2.05, 4.69) is 0 Å². The molecule has 4 heteroatoms. The van der Waals surface area contributed by atoms with Gasteiger partial charge < -0.3 is 9.84 Å². The first-order valence-corrected chi connectivity index (χ1v) is 3.08. The lowest BCUT2D eigenvalue weighted by atomic mass is 9.89. The van der Waals surface area contributed by atoms with Gasteiger partial charge in [-0.05, 0) is 6.42 Å². The highest BCUT2D eigenvalue weighted by Gasteiger charge is 2.42. The largest absolute Gasteiger partial charge is 0.481 e. The van der Waals surface area contributed by atoms with Crippen LogP contribution in [-0.4, -0.2) is 31.0 Å². The molecule has 1 aliphatic heterocycles. The van der Waals surface area contributed by atoms with Crippen molar-refractivity contribution in [3.63, 3.8) is 0 Å². The van der Waals surface area contributed by atoms with Crippen molar-refractivity contribution in [2.45, 2.75) is 6.42 Å². The summed E-state index contributed by atoms with van der Waals surface area (Å²) < 4.78 is 16.9. The van der Waals surface area contributed by atoms with Crippen molar-refractivity contribution in [3.05, 3.63) is 0 Å². The normalized spacial score (nSPS) is 32.5. The lowest BCUT2D eigenvalue weighted by molar-refractivity contribution is -0.149. The van der Waals surface area contributed by atoms with Crippen molar-refractivity contribution < 1.29 is 19.0 Å². The molecule has 1 atom stereocenters. The monoisotopic (exact) mass is 148 g/mol. The number of rotatable bonds is 2. The Bertz CT molecular complexity index is 140. The molecule has 1 saturated heterocycles. The van der Waals surface area contributed by atoms with Crippen LogP contribution in [0, 0.1) is 5.41 Å². The predicted octanol–water partition coefficient (Wildman–Crippen LogP) is 0.447. The third-order valence-corrected chi connectivity index (χ3v) is 1.81. The molecule has 0 spiro atoms. The van der Waals surface area contributed by atoms with Crippen molar-refractivity contribution in [2.75, 3.05) is 19.9 Å². The number of carboxylic acids is 1. The van der Waals surface area contributed by atoms with E-state index < -0.39 is 18.1 Å². The van der Waals surface area contributed by atoms with Crippen molar-refractivity contribution in [1.82, 2.24) is 0 Å². The van der Waals surface area contributed by atoms with E-state index in [0.717, 1.165) is 0 Å². The summed E-state index contributed by atoms with van der Waals surface area (Å²) in [6.45, 7) is -0.461. The van der Waals surface area contributed by atoms with E-state index in [1.165, 1.54) is 0 Å². The maximum atomic E-state index is 12.1. The van der Waals surface area contributed by atoms with E-state index in [9.17, 15) is 9.18 Å². The molecule has 1 heterocycles. The average Bonchev–Trinajstić information content (AvgIpc) is 2.35. The molecule has 0 amide bonds. The van der Waals surface area contributed by atoms with Gasteiger partial charge in [0, 0.05) is 6.61 Å². The van der Waals surface area contributed by atoms with Crippen molar-refractivity contribution in [1.29, 1.82) is 0 Å². The van der Waals surface area contributed by atoms with Gasteiger partial charge in [0.2, 0.25) is 0 Å². The van der Waals surface area contributed by atoms with E-state index in [4.69, 9.17) is 9.84 Å². The standard InChI is InChI=1S/C6H9FO3/c7-3-6(5(8)9)1-2-10-4-6/h1-4H2,(H,8,9).